The first-order valence-corrected chi connectivity index (χ1v) is 12.2. The molecule has 4 rings (SSSR count). The molecule has 0 saturated heterocycles. The molecule has 6 heteroatoms. The number of hydrogen-bond donors (Lipinski definition) is 0. The third-order valence-corrected chi connectivity index (χ3v) is 6.32. The summed E-state index contributed by atoms with van der Waals surface area (Å²) in [6, 6.07) is 13.8. The molecule has 2 aromatic rings. The number of carbonyl (C=O) groups is 3. The van der Waals surface area contributed by atoms with Gasteiger partial charge < -0.3 is 14.5 Å². The molecule has 0 fully saturated rings. The Labute approximate surface area is 201 Å². The van der Waals surface area contributed by atoms with Crippen LogP contribution >= 0.6 is 0 Å². The Kier molecular flexibility index (Phi) is 7.05. The molecule has 2 aliphatic rings. The Morgan fingerprint density at radius 3 is 2.41 bits per heavy atom. The van der Waals surface area contributed by atoms with Gasteiger partial charge in [0.25, 0.3) is 0 Å². The van der Waals surface area contributed by atoms with E-state index < -0.39 is 5.60 Å². The lowest BCUT2D eigenvalue weighted by Crippen LogP contribution is -2.37. The molecule has 6 nitrogen and oxygen atoms in total. The van der Waals surface area contributed by atoms with Gasteiger partial charge >= 0.3 is 6.09 Å². The lowest BCUT2D eigenvalue weighted by Gasteiger charge is -2.27. The van der Waals surface area contributed by atoms with Crippen LogP contribution in [0.15, 0.2) is 42.5 Å². The number of aryl methyl sites for hydroxylation is 1. The Hall–Kier alpha value is -3.15. The topological polar surface area (TPSA) is 66.9 Å². The summed E-state index contributed by atoms with van der Waals surface area (Å²) >= 11 is 0. The van der Waals surface area contributed by atoms with Crippen LogP contribution < -0.4 is 4.90 Å². The van der Waals surface area contributed by atoms with E-state index >= 15 is 0 Å². The highest BCUT2D eigenvalue weighted by atomic mass is 16.6. The zero-order valence-electron chi connectivity index (χ0n) is 20.4. The predicted molar refractivity (Wildman–Crippen MR) is 132 cm³/mol. The molecule has 2 amide bonds. The number of hydrogen-bond acceptors (Lipinski definition) is 4. The molecule has 2 aromatic carbocycles. The predicted octanol–water partition coefficient (Wildman–Crippen LogP) is 5.31. The van der Waals surface area contributed by atoms with E-state index in [1.54, 1.807) is 4.90 Å². The zero-order chi connectivity index (χ0) is 24.3. The van der Waals surface area contributed by atoms with Gasteiger partial charge in [-0.1, -0.05) is 30.3 Å². The standard InChI is InChI=1S/C28H34N2O4/c1-28(2,3)34-27(33)29(19-20-9-5-4-6-10-20)15-8-7-11-24(31)23-17-21-12-13-25(32)30-16-14-22(18-23)26(21)30/h4-6,9-10,17-18H,7-8,11-16,19H2,1-3H3. The van der Waals surface area contributed by atoms with Gasteiger partial charge in [0.05, 0.1) is 5.69 Å². The number of amides is 2. The number of benzene rings is 2. The van der Waals surface area contributed by atoms with Crippen molar-refractivity contribution in [3.05, 3.63) is 64.7 Å². The minimum atomic E-state index is -0.559. The highest BCUT2D eigenvalue weighted by Crippen LogP contribution is 2.37. The molecule has 0 saturated carbocycles. The van der Waals surface area contributed by atoms with Crippen molar-refractivity contribution in [3.63, 3.8) is 0 Å². The van der Waals surface area contributed by atoms with Gasteiger partial charge in [-0.3, -0.25) is 9.59 Å². The molecule has 0 atom stereocenters. The van der Waals surface area contributed by atoms with E-state index in [9.17, 15) is 14.4 Å². The van der Waals surface area contributed by atoms with Crippen molar-refractivity contribution in [1.29, 1.82) is 0 Å². The summed E-state index contributed by atoms with van der Waals surface area (Å²) in [6.07, 6.45) is 3.57. The summed E-state index contributed by atoms with van der Waals surface area (Å²) in [7, 11) is 0. The van der Waals surface area contributed by atoms with Gasteiger partial charge in [0.2, 0.25) is 5.91 Å². The molecule has 2 aliphatic heterocycles. The molecular weight excluding hydrogens is 428 g/mol. The number of ether oxygens (including phenoxy) is 1. The summed E-state index contributed by atoms with van der Waals surface area (Å²) in [6.45, 7) is 7.33. The number of carbonyl (C=O) groups excluding carboxylic acids is 3. The SMILES string of the molecule is CC(C)(C)OC(=O)N(CCCCC(=O)c1cc2c3c(c1)CCN3C(=O)CC2)Cc1ccccc1. The minimum absolute atomic E-state index is 0.126. The van der Waals surface area contributed by atoms with Crippen molar-refractivity contribution in [2.45, 2.75) is 71.4 Å². The van der Waals surface area contributed by atoms with Crippen LogP contribution in [0.25, 0.3) is 0 Å². The van der Waals surface area contributed by atoms with Gasteiger partial charge in [0.1, 0.15) is 5.60 Å². The van der Waals surface area contributed by atoms with Crippen LogP contribution in [0, 0.1) is 0 Å². The molecule has 180 valence electrons. The Morgan fingerprint density at radius 2 is 1.71 bits per heavy atom. The smallest absolute Gasteiger partial charge is 0.410 e. The normalized spacial score (nSPS) is 14.7. The quantitative estimate of drug-likeness (QED) is 0.394. The van der Waals surface area contributed by atoms with Crippen molar-refractivity contribution in [3.8, 4) is 0 Å². The molecule has 0 N–H and O–H groups in total. The second-order valence-corrected chi connectivity index (χ2v) is 10.2. The lowest BCUT2D eigenvalue weighted by atomic mass is 9.94. The number of unbranched alkanes of at least 4 members (excludes halogenated alkanes) is 1. The average Bonchev–Trinajstić information content (AvgIpc) is 3.23. The molecular formula is C28H34N2O4. The van der Waals surface area contributed by atoms with E-state index in [2.05, 4.69) is 0 Å². The second kappa shape index (κ2) is 10.00. The summed E-state index contributed by atoms with van der Waals surface area (Å²) in [5.41, 5.74) is 4.52. The first-order valence-electron chi connectivity index (χ1n) is 12.2. The van der Waals surface area contributed by atoms with Gasteiger partial charge in [-0.25, -0.2) is 4.79 Å². The number of rotatable bonds is 8. The molecule has 2 heterocycles. The van der Waals surface area contributed by atoms with E-state index in [1.807, 2.05) is 68.1 Å². The van der Waals surface area contributed by atoms with Gasteiger partial charge in [-0.15, -0.1) is 0 Å². The summed E-state index contributed by atoms with van der Waals surface area (Å²) in [5.74, 6) is 0.316. The highest BCUT2D eigenvalue weighted by Gasteiger charge is 2.32. The van der Waals surface area contributed by atoms with Crippen LogP contribution in [0.3, 0.4) is 0 Å². The van der Waals surface area contributed by atoms with Gasteiger partial charge in [-0.2, -0.15) is 0 Å². The first kappa shape index (κ1) is 24.0. The number of anilines is 1. The van der Waals surface area contributed by atoms with Crippen LogP contribution in [0.4, 0.5) is 10.5 Å². The van der Waals surface area contributed by atoms with Crippen LogP contribution in [-0.4, -0.2) is 41.4 Å². The fourth-order valence-corrected chi connectivity index (χ4v) is 4.72. The number of Topliss-reactive ketones (excluding diaryl/α,β-unsaturated/α-hetero) is 1. The van der Waals surface area contributed by atoms with Crippen LogP contribution in [0.1, 0.15) is 73.5 Å². The fourth-order valence-electron chi connectivity index (χ4n) is 4.72. The van der Waals surface area contributed by atoms with Crippen molar-refractivity contribution in [2.24, 2.45) is 0 Å². The third-order valence-electron chi connectivity index (χ3n) is 6.32. The van der Waals surface area contributed by atoms with Crippen LogP contribution in [0.5, 0.6) is 0 Å². The maximum Gasteiger partial charge on any atom is 0.410 e. The van der Waals surface area contributed by atoms with E-state index in [4.69, 9.17) is 4.74 Å². The summed E-state index contributed by atoms with van der Waals surface area (Å²) in [4.78, 5) is 41.4. The molecule has 0 radical (unpaired) electrons. The first-order chi connectivity index (χ1) is 16.2. The Bertz CT molecular complexity index is 1070. The molecule has 0 bridgehead atoms. The van der Waals surface area contributed by atoms with E-state index in [-0.39, 0.29) is 17.8 Å². The Morgan fingerprint density at radius 1 is 1.00 bits per heavy atom. The van der Waals surface area contributed by atoms with Gasteiger partial charge in [-0.05, 0) is 75.3 Å². The molecule has 0 spiro atoms. The maximum atomic E-state index is 12.9. The van der Waals surface area contributed by atoms with Gasteiger partial charge in [0, 0.05) is 38.0 Å². The van der Waals surface area contributed by atoms with Gasteiger partial charge in [0.15, 0.2) is 5.78 Å². The Balaban J connectivity index is 1.35. The molecule has 0 aromatic heterocycles. The van der Waals surface area contributed by atoms with E-state index in [0.29, 0.717) is 38.8 Å². The summed E-state index contributed by atoms with van der Waals surface area (Å²) < 4.78 is 5.60. The van der Waals surface area contributed by atoms with Crippen LogP contribution in [-0.2, 0) is 28.9 Å². The van der Waals surface area contributed by atoms with E-state index in [0.717, 1.165) is 47.3 Å². The lowest BCUT2D eigenvalue weighted by molar-refractivity contribution is -0.118. The molecule has 0 unspecified atom stereocenters. The van der Waals surface area contributed by atoms with Crippen LogP contribution in [0.2, 0.25) is 0 Å². The summed E-state index contributed by atoms with van der Waals surface area (Å²) in [5, 5.41) is 0. The second-order valence-electron chi connectivity index (χ2n) is 10.2. The van der Waals surface area contributed by atoms with E-state index in [1.165, 1.54) is 0 Å². The largest absolute Gasteiger partial charge is 0.444 e. The minimum Gasteiger partial charge on any atom is -0.444 e. The zero-order valence-corrected chi connectivity index (χ0v) is 20.4. The number of ketones is 1. The van der Waals surface area contributed by atoms with Crippen molar-refractivity contribution < 1.29 is 19.1 Å². The van der Waals surface area contributed by atoms with Crippen molar-refractivity contribution >= 4 is 23.5 Å². The molecule has 0 aliphatic carbocycles. The highest BCUT2D eigenvalue weighted by molar-refractivity contribution is 6.02. The average molecular weight is 463 g/mol. The molecule has 34 heavy (non-hydrogen) atoms. The van der Waals surface area contributed by atoms with Crippen molar-refractivity contribution in [1.82, 2.24) is 4.90 Å². The third kappa shape index (κ3) is 5.66. The monoisotopic (exact) mass is 462 g/mol. The van der Waals surface area contributed by atoms with Crippen molar-refractivity contribution in [2.75, 3.05) is 18.0 Å². The number of nitrogens with zero attached hydrogens (tertiary/aromatic N) is 2. The maximum absolute atomic E-state index is 12.9. The fraction of sp³-hybridized carbons (Fsp3) is 0.464.